The first-order valence-corrected chi connectivity index (χ1v) is 6.68. The van der Waals surface area contributed by atoms with E-state index in [1.165, 1.54) is 24.9 Å². The fourth-order valence-corrected chi connectivity index (χ4v) is 2.33. The molecule has 100 valence electrons. The van der Waals surface area contributed by atoms with E-state index in [1.54, 1.807) is 30.6 Å². The third-order valence-corrected chi connectivity index (χ3v) is 3.53. The van der Waals surface area contributed by atoms with Crippen LogP contribution in [0.25, 0.3) is 0 Å². The van der Waals surface area contributed by atoms with Crippen molar-refractivity contribution < 1.29 is 9.13 Å². The fourth-order valence-electron chi connectivity index (χ4n) is 1.53. The van der Waals surface area contributed by atoms with E-state index < -0.39 is 5.82 Å². The number of hydrogen-bond donors (Lipinski definition) is 1. The van der Waals surface area contributed by atoms with Crippen LogP contribution >= 0.6 is 11.8 Å². The van der Waals surface area contributed by atoms with Crippen LogP contribution in [-0.4, -0.2) is 22.8 Å². The Hall–Kier alpha value is -1.66. The Balaban J connectivity index is 2.00. The van der Waals surface area contributed by atoms with Gasteiger partial charge in [0.1, 0.15) is 0 Å². The molecule has 0 spiro atoms. The summed E-state index contributed by atoms with van der Waals surface area (Å²) < 4.78 is 18.4. The summed E-state index contributed by atoms with van der Waals surface area (Å²) in [6.45, 7) is 0. The molecule has 0 aliphatic carbocycles. The molecular weight excluding hydrogens is 265 g/mol. The summed E-state index contributed by atoms with van der Waals surface area (Å²) in [5.74, 6) is 0.391. The Morgan fingerprint density at radius 2 is 2.11 bits per heavy atom. The molecule has 1 aromatic heterocycles. The molecule has 0 aliphatic rings. The number of aromatic nitrogens is 2. The monoisotopic (exact) mass is 279 g/mol. The third-order valence-electron chi connectivity index (χ3n) is 2.54. The van der Waals surface area contributed by atoms with E-state index in [4.69, 9.17) is 10.5 Å². The molecule has 2 rings (SSSR count). The maximum Gasteiger partial charge on any atom is 0.187 e. The molecule has 0 bridgehead atoms. The Kier molecular flexibility index (Phi) is 4.70. The van der Waals surface area contributed by atoms with Gasteiger partial charge in [-0.3, -0.25) is 0 Å². The van der Waals surface area contributed by atoms with E-state index in [-0.39, 0.29) is 11.8 Å². The predicted molar refractivity (Wildman–Crippen MR) is 72.6 cm³/mol. The highest BCUT2D eigenvalue weighted by molar-refractivity contribution is 7.99. The van der Waals surface area contributed by atoms with Crippen LogP contribution in [0.3, 0.4) is 0 Å². The molecule has 0 fully saturated rings. The predicted octanol–water partition coefficient (Wildman–Crippen LogP) is 2.42. The van der Waals surface area contributed by atoms with Gasteiger partial charge < -0.3 is 10.5 Å². The molecule has 19 heavy (non-hydrogen) atoms. The van der Waals surface area contributed by atoms with Crippen LogP contribution in [0, 0.1) is 5.82 Å². The number of halogens is 1. The first-order valence-electron chi connectivity index (χ1n) is 5.69. The molecule has 0 saturated carbocycles. The molecule has 0 radical (unpaired) electrons. The average Bonchev–Trinajstić information content (AvgIpc) is 2.45. The normalized spacial score (nSPS) is 12.2. The van der Waals surface area contributed by atoms with Crippen LogP contribution in [0.5, 0.6) is 5.75 Å². The first-order chi connectivity index (χ1) is 9.20. The van der Waals surface area contributed by atoms with Gasteiger partial charge in [0.25, 0.3) is 0 Å². The van der Waals surface area contributed by atoms with Gasteiger partial charge in [0.2, 0.25) is 0 Å². The van der Waals surface area contributed by atoms with Crippen molar-refractivity contribution in [3.63, 3.8) is 0 Å². The van der Waals surface area contributed by atoms with Crippen molar-refractivity contribution in [2.75, 3.05) is 12.9 Å². The molecule has 4 nitrogen and oxygen atoms in total. The van der Waals surface area contributed by atoms with Crippen molar-refractivity contribution in [1.29, 1.82) is 0 Å². The molecule has 6 heteroatoms. The molecule has 1 unspecified atom stereocenters. The van der Waals surface area contributed by atoms with Crippen molar-refractivity contribution in [1.82, 2.24) is 9.97 Å². The quantitative estimate of drug-likeness (QED) is 0.672. The highest BCUT2D eigenvalue weighted by Gasteiger charge is 2.11. The molecule has 1 aromatic carbocycles. The van der Waals surface area contributed by atoms with E-state index in [9.17, 15) is 4.39 Å². The average molecular weight is 279 g/mol. The third kappa shape index (κ3) is 3.65. The summed E-state index contributed by atoms with van der Waals surface area (Å²) in [6, 6.07) is 6.21. The Labute approximate surface area is 115 Å². The van der Waals surface area contributed by atoms with Gasteiger partial charge in [0.15, 0.2) is 16.7 Å². The zero-order valence-electron chi connectivity index (χ0n) is 10.4. The lowest BCUT2D eigenvalue weighted by Crippen LogP contribution is -2.13. The molecule has 1 atom stereocenters. The van der Waals surface area contributed by atoms with E-state index in [2.05, 4.69) is 9.97 Å². The Bertz CT molecular complexity index is 539. The van der Waals surface area contributed by atoms with Crippen molar-refractivity contribution in [3.8, 4) is 5.75 Å². The number of benzene rings is 1. The van der Waals surface area contributed by atoms with Gasteiger partial charge in [0, 0.05) is 24.2 Å². The van der Waals surface area contributed by atoms with Crippen LogP contribution in [0.2, 0.25) is 0 Å². The topological polar surface area (TPSA) is 61.0 Å². The second kappa shape index (κ2) is 6.49. The molecule has 0 aliphatic heterocycles. The summed E-state index contributed by atoms with van der Waals surface area (Å²) in [4.78, 5) is 8.18. The number of ether oxygens (including phenoxy) is 1. The van der Waals surface area contributed by atoms with Crippen molar-refractivity contribution in [2.24, 2.45) is 5.73 Å². The van der Waals surface area contributed by atoms with E-state index >= 15 is 0 Å². The SMILES string of the molecule is COc1ccc(C(N)CSc2ncccn2)cc1F. The van der Waals surface area contributed by atoms with E-state index in [1.807, 2.05) is 0 Å². The van der Waals surface area contributed by atoms with Crippen LogP contribution in [-0.2, 0) is 0 Å². The van der Waals surface area contributed by atoms with Gasteiger partial charge in [-0.25, -0.2) is 14.4 Å². The zero-order chi connectivity index (χ0) is 13.7. The summed E-state index contributed by atoms with van der Waals surface area (Å²) in [5, 5.41) is 0.659. The zero-order valence-corrected chi connectivity index (χ0v) is 11.2. The first kappa shape index (κ1) is 13.8. The smallest absolute Gasteiger partial charge is 0.187 e. The standard InChI is InChI=1S/C13H14FN3OS/c1-18-12-4-3-9(7-10(12)14)11(15)8-19-13-16-5-2-6-17-13/h2-7,11H,8,15H2,1H3. The molecule has 0 amide bonds. The van der Waals surface area contributed by atoms with Crippen LogP contribution in [0.1, 0.15) is 11.6 Å². The number of hydrogen-bond acceptors (Lipinski definition) is 5. The summed E-state index contributed by atoms with van der Waals surface area (Å²) in [6.07, 6.45) is 3.35. The minimum atomic E-state index is -0.406. The number of rotatable bonds is 5. The minimum absolute atomic E-state index is 0.218. The number of nitrogens with zero attached hydrogens (tertiary/aromatic N) is 2. The summed E-state index contributed by atoms with van der Waals surface area (Å²) in [5.41, 5.74) is 6.74. The van der Waals surface area contributed by atoms with Crippen molar-refractivity contribution in [2.45, 2.75) is 11.2 Å². The second-order valence-electron chi connectivity index (χ2n) is 3.84. The number of nitrogens with two attached hydrogens (primary N) is 1. The number of thioether (sulfide) groups is 1. The maximum atomic E-state index is 13.6. The van der Waals surface area contributed by atoms with Crippen molar-refractivity contribution >= 4 is 11.8 Å². The fraction of sp³-hybridized carbons (Fsp3) is 0.231. The van der Waals surface area contributed by atoms with Crippen LogP contribution in [0.15, 0.2) is 41.8 Å². The Morgan fingerprint density at radius 1 is 1.37 bits per heavy atom. The molecule has 0 saturated heterocycles. The minimum Gasteiger partial charge on any atom is -0.494 e. The Morgan fingerprint density at radius 3 is 2.74 bits per heavy atom. The van der Waals surface area contributed by atoms with Gasteiger partial charge in [-0.15, -0.1) is 0 Å². The molecule has 1 heterocycles. The van der Waals surface area contributed by atoms with Crippen LogP contribution in [0.4, 0.5) is 4.39 Å². The van der Waals surface area contributed by atoms with Gasteiger partial charge in [-0.2, -0.15) is 0 Å². The van der Waals surface area contributed by atoms with Gasteiger partial charge in [0.05, 0.1) is 7.11 Å². The van der Waals surface area contributed by atoms with Crippen molar-refractivity contribution in [3.05, 3.63) is 48.0 Å². The van der Waals surface area contributed by atoms with Gasteiger partial charge in [-0.05, 0) is 23.8 Å². The molecule has 2 N–H and O–H groups in total. The maximum absolute atomic E-state index is 13.6. The van der Waals surface area contributed by atoms with Gasteiger partial charge in [-0.1, -0.05) is 17.8 Å². The van der Waals surface area contributed by atoms with Crippen LogP contribution < -0.4 is 10.5 Å². The van der Waals surface area contributed by atoms with Gasteiger partial charge >= 0.3 is 0 Å². The largest absolute Gasteiger partial charge is 0.494 e. The highest BCUT2D eigenvalue weighted by atomic mass is 32.2. The van der Waals surface area contributed by atoms with E-state index in [0.29, 0.717) is 10.9 Å². The lowest BCUT2D eigenvalue weighted by atomic mass is 10.1. The lowest BCUT2D eigenvalue weighted by molar-refractivity contribution is 0.386. The summed E-state index contributed by atoms with van der Waals surface area (Å²) in [7, 11) is 1.43. The second-order valence-corrected chi connectivity index (χ2v) is 4.83. The molecule has 2 aromatic rings. The highest BCUT2D eigenvalue weighted by Crippen LogP contribution is 2.24. The van der Waals surface area contributed by atoms with E-state index in [0.717, 1.165) is 5.56 Å². The molecular formula is C13H14FN3OS. The number of methoxy groups -OCH3 is 1. The lowest BCUT2D eigenvalue weighted by Gasteiger charge is -2.12. The summed E-state index contributed by atoms with van der Waals surface area (Å²) >= 11 is 1.44.